The summed E-state index contributed by atoms with van der Waals surface area (Å²) < 4.78 is 0. The van der Waals surface area contributed by atoms with Gasteiger partial charge in [-0.3, -0.25) is 9.59 Å². The summed E-state index contributed by atoms with van der Waals surface area (Å²) in [5.74, 6) is -0.836. The van der Waals surface area contributed by atoms with E-state index in [0.29, 0.717) is 6.04 Å². The number of nitrogens with one attached hydrogen (secondary N) is 1. The first kappa shape index (κ1) is 10.9. The highest BCUT2D eigenvalue weighted by Gasteiger charge is 2.12. The Morgan fingerprint density at radius 3 is 2.50 bits per heavy atom. The van der Waals surface area contributed by atoms with Crippen molar-refractivity contribution in [2.75, 3.05) is 6.54 Å². The molecular weight excluding hydrogens is 178 g/mol. The van der Waals surface area contributed by atoms with E-state index in [2.05, 4.69) is 19.2 Å². The topological polar surface area (TPSA) is 46.2 Å². The van der Waals surface area contributed by atoms with E-state index in [4.69, 9.17) is 0 Å². The van der Waals surface area contributed by atoms with Crippen LogP contribution in [0.25, 0.3) is 0 Å². The lowest BCUT2D eigenvalue weighted by Gasteiger charge is -2.09. The van der Waals surface area contributed by atoms with Crippen molar-refractivity contribution >= 4 is 11.6 Å². The van der Waals surface area contributed by atoms with Gasteiger partial charge < -0.3 is 5.32 Å². The summed E-state index contributed by atoms with van der Waals surface area (Å²) in [7, 11) is 0. The minimum Gasteiger partial charge on any atom is -0.314 e. The highest BCUT2D eigenvalue weighted by Crippen LogP contribution is 2.08. The summed E-state index contributed by atoms with van der Waals surface area (Å²) in [6.07, 6.45) is 5.26. The van der Waals surface area contributed by atoms with Crippen molar-refractivity contribution in [3.8, 4) is 0 Å². The molecule has 3 heteroatoms. The van der Waals surface area contributed by atoms with Gasteiger partial charge in [-0.15, -0.1) is 0 Å². The van der Waals surface area contributed by atoms with Crippen molar-refractivity contribution in [3.63, 3.8) is 0 Å². The Morgan fingerprint density at radius 1 is 1.21 bits per heavy atom. The Hall–Kier alpha value is -1.22. The maximum absolute atomic E-state index is 11.0. The first-order valence-electron chi connectivity index (χ1n) is 4.80. The summed E-state index contributed by atoms with van der Waals surface area (Å²) in [6, 6.07) is 0.445. The van der Waals surface area contributed by atoms with Crippen molar-refractivity contribution in [3.05, 3.63) is 23.8 Å². The maximum Gasteiger partial charge on any atom is 0.225 e. The Balaban J connectivity index is 2.40. The smallest absolute Gasteiger partial charge is 0.225 e. The van der Waals surface area contributed by atoms with Crippen molar-refractivity contribution in [2.45, 2.75) is 26.3 Å². The molecule has 0 aromatic carbocycles. The number of carbonyl (C=O) groups excluding carboxylic acids is 2. The zero-order valence-electron chi connectivity index (χ0n) is 8.54. The fourth-order valence-corrected chi connectivity index (χ4v) is 1.21. The van der Waals surface area contributed by atoms with Crippen LogP contribution in [-0.4, -0.2) is 24.2 Å². The molecule has 14 heavy (non-hydrogen) atoms. The van der Waals surface area contributed by atoms with E-state index >= 15 is 0 Å². The monoisotopic (exact) mass is 193 g/mol. The molecule has 3 nitrogen and oxygen atoms in total. The molecule has 0 radical (unpaired) electrons. The predicted molar refractivity (Wildman–Crippen MR) is 55.0 cm³/mol. The molecule has 0 heterocycles. The second-order valence-corrected chi connectivity index (χ2v) is 3.64. The van der Waals surface area contributed by atoms with Crippen molar-refractivity contribution in [1.29, 1.82) is 0 Å². The normalized spacial score (nSPS) is 16.4. The number of carbonyl (C=O) groups is 2. The van der Waals surface area contributed by atoms with Gasteiger partial charge in [-0.05, 0) is 30.7 Å². The molecule has 0 aromatic rings. The molecule has 0 spiro atoms. The second-order valence-electron chi connectivity index (χ2n) is 3.64. The molecule has 76 valence electrons. The van der Waals surface area contributed by atoms with Gasteiger partial charge in [0.25, 0.3) is 0 Å². The fraction of sp³-hybridized carbons (Fsp3) is 0.455. The van der Waals surface area contributed by atoms with Crippen molar-refractivity contribution in [2.24, 2.45) is 0 Å². The third-order valence-electron chi connectivity index (χ3n) is 1.97. The SMILES string of the molecule is CC(C)NCCC1=CC(=O)C(=O)C=C1. The van der Waals surface area contributed by atoms with E-state index in [1.807, 2.05) is 0 Å². The van der Waals surface area contributed by atoms with Gasteiger partial charge in [0.2, 0.25) is 11.6 Å². The summed E-state index contributed by atoms with van der Waals surface area (Å²) in [4.78, 5) is 21.8. The summed E-state index contributed by atoms with van der Waals surface area (Å²) in [5.41, 5.74) is 0.919. The molecule has 0 aromatic heterocycles. The largest absolute Gasteiger partial charge is 0.314 e. The molecule has 0 aliphatic heterocycles. The van der Waals surface area contributed by atoms with Crippen LogP contribution in [0.2, 0.25) is 0 Å². The van der Waals surface area contributed by atoms with Crippen LogP contribution < -0.4 is 5.32 Å². The third-order valence-corrected chi connectivity index (χ3v) is 1.97. The number of allylic oxidation sites excluding steroid dienone is 3. The Labute approximate surface area is 83.9 Å². The van der Waals surface area contributed by atoms with Crippen LogP contribution in [0.1, 0.15) is 20.3 Å². The van der Waals surface area contributed by atoms with E-state index < -0.39 is 11.6 Å². The van der Waals surface area contributed by atoms with Gasteiger partial charge in [-0.2, -0.15) is 0 Å². The second kappa shape index (κ2) is 4.86. The van der Waals surface area contributed by atoms with Crippen molar-refractivity contribution in [1.82, 2.24) is 5.32 Å². The van der Waals surface area contributed by atoms with Gasteiger partial charge in [-0.25, -0.2) is 0 Å². The van der Waals surface area contributed by atoms with E-state index in [1.54, 1.807) is 6.08 Å². The molecule has 0 fully saturated rings. The number of hydrogen-bond donors (Lipinski definition) is 1. The van der Waals surface area contributed by atoms with Crippen LogP contribution in [0.4, 0.5) is 0 Å². The zero-order chi connectivity index (χ0) is 10.6. The molecular formula is C11H15NO2. The Kier molecular flexibility index (Phi) is 3.77. The van der Waals surface area contributed by atoms with E-state index in [0.717, 1.165) is 18.5 Å². The van der Waals surface area contributed by atoms with Gasteiger partial charge in [0.05, 0.1) is 0 Å². The minimum atomic E-state index is -0.425. The highest BCUT2D eigenvalue weighted by molar-refractivity contribution is 6.46. The van der Waals surface area contributed by atoms with Crippen LogP contribution >= 0.6 is 0 Å². The van der Waals surface area contributed by atoms with Crippen molar-refractivity contribution < 1.29 is 9.59 Å². The first-order chi connectivity index (χ1) is 6.59. The summed E-state index contributed by atoms with van der Waals surface area (Å²) in [5, 5.41) is 3.25. The molecule has 0 bridgehead atoms. The maximum atomic E-state index is 11.0. The zero-order valence-corrected chi connectivity index (χ0v) is 8.54. The molecule has 0 saturated heterocycles. The number of rotatable bonds is 4. The van der Waals surface area contributed by atoms with Crippen LogP contribution in [0.3, 0.4) is 0 Å². The Morgan fingerprint density at radius 2 is 1.93 bits per heavy atom. The fourth-order valence-electron chi connectivity index (χ4n) is 1.21. The average Bonchev–Trinajstić information content (AvgIpc) is 2.10. The van der Waals surface area contributed by atoms with Gasteiger partial charge in [0, 0.05) is 6.04 Å². The standard InChI is InChI=1S/C11H15NO2/c1-8(2)12-6-5-9-3-4-10(13)11(14)7-9/h3-4,7-8,12H,5-6H2,1-2H3. The molecule has 0 saturated carbocycles. The van der Waals surface area contributed by atoms with Gasteiger partial charge >= 0.3 is 0 Å². The number of hydrogen-bond acceptors (Lipinski definition) is 3. The quantitative estimate of drug-likeness (QED) is 0.535. The molecule has 0 atom stereocenters. The van der Waals surface area contributed by atoms with Crippen LogP contribution in [0.15, 0.2) is 23.8 Å². The highest BCUT2D eigenvalue weighted by atomic mass is 16.2. The van der Waals surface area contributed by atoms with Crippen LogP contribution in [-0.2, 0) is 9.59 Å². The van der Waals surface area contributed by atoms with Gasteiger partial charge in [-0.1, -0.05) is 19.9 Å². The minimum absolute atomic E-state index is 0.410. The molecule has 1 N–H and O–H groups in total. The Bertz CT molecular complexity index is 300. The van der Waals surface area contributed by atoms with Gasteiger partial charge in [0.15, 0.2) is 0 Å². The molecule has 1 rings (SSSR count). The predicted octanol–water partition coefficient (Wildman–Crippen LogP) is 1.01. The van der Waals surface area contributed by atoms with Crippen LogP contribution in [0.5, 0.6) is 0 Å². The van der Waals surface area contributed by atoms with Crippen LogP contribution in [0, 0.1) is 0 Å². The lowest BCUT2D eigenvalue weighted by atomic mass is 10.0. The van der Waals surface area contributed by atoms with E-state index in [9.17, 15) is 9.59 Å². The van der Waals surface area contributed by atoms with Gasteiger partial charge in [0.1, 0.15) is 0 Å². The van der Waals surface area contributed by atoms with E-state index in [-0.39, 0.29) is 0 Å². The summed E-state index contributed by atoms with van der Waals surface area (Å²) in [6.45, 7) is 4.97. The average molecular weight is 193 g/mol. The lowest BCUT2D eigenvalue weighted by Crippen LogP contribution is -2.24. The van der Waals surface area contributed by atoms with E-state index in [1.165, 1.54) is 12.2 Å². The first-order valence-corrected chi connectivity index (χ1v) is 4.80. The number of ketones is 2. The molecule has 1 aliphatic carbocycles. The lowest BCUT2D eigenvalue weighted by molar-refractivity contribution is -0.131. The molecule has 0 unspecified atom stereocenters. The molecule has 0 amide bonds. The molecule has 1 aliphatic rings. The summed E-state index contributed by atoms with van der Waals surface area (Å²) >= 11 is 0. The third kappa shape index (κ3) is 3.26.